The summed E-state index contributed by atoms with van der Waals surface area (Å²) in [6.45, 7) is 6.56. The molecule has 8 heteroatoms. The first-order valence-electron chi connectivity index (χ1n) is 10.4. The highest BCUT2D eigenvalue weighted by molar-refractivity contribution is 7.12. The highest BCUT2D eigenvalue weighted by atomic mass is 32.1. The van der Waals surface area contributed by atoms with Crippen LogP contribution in [0.2, 0.25) is 0 Å². The third kappa shape index (κ3) is 4.70. The number of anilines is 2. The maximum absolute atomic E-state index is 13.6. The first-order valence-corrected chi connectivity index (χ1v) is 11.3. The third-order valence-corrected chi connectivity index (χ3v) is 5.71. The zero-order chi connectivity index (χ0) is 22.7. The van der Waals surface area contributed by atoms with E-state index in [1.54, 1.807) is 17.2 Å². The molecule has 4 rings (SSSR count). The quantitative estimate of drug-likeness (QED) is 0.606. The zero-order valence-corrected chi connectivity index (χ0v) is 19.0. The molecule has 0 unspecified atom stereocenters. The Bertz CT molecular complexity index is 1160. The first kappa shape index (κ1) is 21.7. The molecule has 1 aliphatic rings. The van der Waals surface area contributed by atoms with Gasteiger partial charge in [0.2, 0.25) is 6.17 Å². The van der Waals surface area contributed by atoms with Crippen LogP contribution in [0.15, 0.2) is 65.1 Å². The Kier molecular flexibility index (Phi) is 6.32. The van der Waals surface area contributed by atoms with E-state index >= 15 is 0 Å². The van der Waals surface area contributed by atoms with Crippen LogP contribution in [0.5, 0.6) is 0 Å². The summed E-state index contributed by atoms with van der Waals surface area (Å²) in [4.78, 5) is 37.2. The zero-order valence-electron chi connectivity index (χ0n) is 18.2. The van der Waals surface area contributed by atoms with Gasteiger partial charge in [0, 0.05) is 29.4 Å². The lowest BCUT2D eigenvalue weighted by molar-refractivity contribution is -0.120. The predicted octanol–water partition coefficient (Wildman–Crippen LogP) is 4.44. The van der Waals surface area contributed by atoms with Crippen LogP contribution in [0.25, 0.3) is 0 Å². The highest BCUT2D eigenvalue weighted by Gasteiger charge is 2.33. The number of nitrogens with one attached hydrogen (secondary N) is 2. The molecule has 0 radical (unpaired) electrons. The van der Waals surface area contributed by atoms with Crippen LogP contribution in [0.4, 0.5) is 16.2 Å². The number of hydrogen-bond acceptors (Lipinski definition) is 5. The normalized spacial score (nSPS) is 15.8. The van der Waals surface area contributed by atoms with E-state index in [1.165, 1.54) is 11.3 Å². The summed E-state index contributed by atoms with van der Waals surface area (Å²) < 4.78 is 0. The molecule has 0 fully saturated rings. The molecule has 1 atom stereocenters. The number of thiazole rings is 1. The molecule has 0 bridgehead atoms. The average Bonchev–Trinajstić information content (AvgIpc) is 3.26. The van der Waals surface area contributed by atoms with Gasteiger partial charge in [0.05, 0.1) is 5.69 Å². The SMILES string of the molecule is Cc1cccc(NC(=O)N[C@@H]2N=C(c3nccs3)c3ccccc3N(CC(C)C)C2=O)c1. The average molecular weight is 448 g/mol. The van der Waals surface area contributed by atoms with Gasteiger partial charge in [0.25, 0.3) is 5.91 Å². The minimum atomic E-state index is -1.08. The summed E-state index contributed by atoms with van der Waals surface area (Å²) in [6.07, 6.45) is 0.626. The predicted molar refractivity (Wildman–Crippen MR) is 129 cm³/mol. The van der Waals surface area contributed by atoms with Crippen molar-refractivity contribution in [3.63, 3.8) is 0 Å². The number of fused-ring (bicyclic) bond motifs is 1. The Balaban J connectivity index is 1.71. The lowest BCUT2D eigenvalue weighted by Gasteiger charge is -2.27. The van der Waals surface area contributed by atoms with Gasteiger partial charge in [-0.05, 0) is 36.6 Å². The number of para-hydroxylation sites is 1. The molecule has 1 aliphatic heterocycles. The second-order valence-electron chi connectivity index (χ2n) is 8.05. The molecule has 2 N–H and O–H groups in total. The van der Waals surface area contributed by atoms with E-state index in [0.717, 1.165) is 16.8 Å². The molecular formula is C24H25N5O2S. The summed E-state index contributed by atoms with van der Waals surface area (Å²) in [5, 5.41) is 8.11. The third-order valence-electron chi connectivity index (χ3n) is 4.93. The van der Waals surface area contributed by atoms with Gasteiger partial charge in [-0.3, -0.25) is 4.79 Å². The number of benzodiazepines with no additional fused rings is 1. The Morgan fingerprint density at radius 3 is 2.72 bits per heavy atom. The van der Waals surface area contributed by atoms with Crippen molar-refractivity contribution in [3.8, 4) is 0 Å². The Morgan fingerprint density at radius 2 is 2.00 bits per heavy atom. The van der Waals surface area contributed by atoms with E-state index in [9.17, 15) is 9.59 Å². The minimum absolute atomic E-state index is 0.232. The van der Waals surface area contributed by atoms with Crippen molar-refractivity contribution in [2.75, 3.05) is 16.8 Å². The van der Waals surface area contributed by atoms with E-state index in [0.29, 0.717) is 23.0 Å². The maximum atomic E-state index is 13.6. The molecule has 164 valence electrons. The monoisotopic (exact) mass is 447 g/mol. The van der Waals surface area contributed by atoms with Crippen LogP contribution in [-0.2, 0) is 4.79 Å². The maximum Gasteiger partial charge on any atom is 0.321 e. The summed E-state index contributed by atoms with van der Waals surface area (Å²) >= 11 is 1.44. The van der Waals surface area contributed by atoms with E-state index in [4.69, 9.17) is 4.99 Å². The Morgan fingerprint density at radius 1 is 1.19 bits per heavy atom. The van der Waals surface area contributed by atoms with Crippen LogP contribution in [0.1, 0.15) is 30.0 Å². The summed E-state index contributed by atoms with van der Waals surface area (Å²) in [5.41, 5.74) is 3.85. The second kappa shape index (κ2) is 9.32. The number of aryl methyl sites for hydroxylation is 1. The fraction of sp³-hybridized carbons (Fsp3) is 0.250. The van der Waals surface area contributed by atoms with Crippen molar-refractivity contribution in [1.82, 2.24) is 10.3 Å². The lowest BCUT2D eigenvalue weighted by atomic mass is 10.1. The molecule has 2 heterocycles. The molecule has 7 nitrogen and oxygen atoms in total. The number of urea groups is 1. The largest absolute Gasteiger partial charge is 0.321 e. The highest BCUT2D eigenvalue weighted by Crippen LogP contribution is 2.29. The molecule has 0 spiro atoms. The van der Waals surface area contributed by atoms with Gasteiger partial charge >= 0.3 is 6.03 Å². The number of rotatable bonds is 5. The summed E-state index contributed by atoms with van der Waals surface area (Å²) in [6, 6.07) is 14.6. The number of aliphatic imine (C=N–C) groups is 1. The number of amides is 3. The molecule has 0 saturated carbocycles. The van der Waals surface area contributed by atoms with E-state index in [-0.39, 0.29) is 11.8 Å². The van der Waals surface area contributed by atoms with Gasteiger partial charge < -0.3 is 15.5 Å². The van der Waals surface area contributed by atoms with Crippen molar-refractivity contribution < 1.29 is 9.59 Å². The molecule has 0 aliphatic carbocycles. The van der Waals surface area contributed by atoms with E-state index in [1.807, 2.05) is 54.8 Å². The number of carbonyl (C=O) groups excluding carboxylic acids is 2. The van der Waals surface area contributed by atoms with Crippen LogP contribution >= 0.6 is 11.3 Å². The molecular weight excluding hydrogens is 422 g/mol. The van der Waals surface area contributed by atoms with Crippen LogP contribution < -0.4 is 15.5 Å². The van der Waals surface area contributed by atoms with Crippen molar-refractivity contribution in [1.29, 1.82) is 0 Å². The summed E-state index contributed by atoms with van der Waals surface area (Å²) in [5.74, 6) is -0.0488. The van der Waals surface area contributed by atoms with E-state index < -0.39 is 12.2 Å². The van der Waals surface area contributed by atoms with Gasteiger partial charge in [-0.2, -0.15) is 0 Å². The van der Waals surface area contributed by atoms with Crippen LogP contribution in [0.3, 0.4) is 0 Å². The molecule has 3 aromatic rings. The van der Waals surface area contributed by atoms with Crippen LogP contribution in [-0.4, -0.2) is 35.3 Å². The molecule has 3 amide bonds. The van der Waals surface area contributed by atoms with Gasteiger partial charge in [-0.15, -0.1) is 11.3 Å². The van der Waals surface area contributed by atoms with Gasteiger partial charge in [0.1, 0.15) is 10.7 Å². The number of aromatic nitrogens is 1. The first-order chi connectivity index (χ1) is 15.4. The number of nitrogens with zero attached hydrogens (tertiary/aromatic N) is 3. The Hall–Kier alpha value is -3.52. The van der Waals surface area contributed by atoms with Crippen LogP contribution in [0, 0.1) is 12.8 Å². The fourth-order valence-electron chi connectivity index (χ4n) is 3.60. The topological polar surface area (TPSA) is 86.7 Å². The van der Waals surface area contributed by atoms with Crippen molar-refractivity contribution in [2.24, 2.45) is 10.9 Å². The summed E-state index contributed by atoms with van der Waals surface area (Å²) in [7, 11) is 0. The van der Waals surface area contributed by atoms with Gasteiger partial charge in [0.15, 0.2) is 0 Å². The molecule has 32 heavy (non-hydrogen) atoms. The number of carbonyl (C=O) groups is 2. The van der Waals surface area contributed by atoms with Gasteiger partial charge in [-0.25, -0.2) is 14.8 Å². The van der Waals surface area contributed by atoms with Crippen molar-refractivity contribution >= 4 is 40.4 Å². The molecule has 1 aromatic heterocycles. The number of benzene rings is 2. The minimum Gasteiger partial charge on any atom is -0.308 e. The lowest BCUT2D eigenvalue weighted by Crippen LogP contribution is -2.49. The smallest absolute Gasteiger partial charge is 0.308 e. The standard InChI is InChI=1S/C24H25N5O2S/c1-15(2)14-29-19-10-5-4-9-18(19)20(22-25-11-12-32-22)27-21(23(29)30)28-24(31)26-17-8-6-7-16(3)13-17/h4-13,15,21H,14H2,1-3H3,(H2,26,28,31)/t21-/m0/s1. The van der Waals surface area contributed by atoms with Crippen molar-refractivity contribution in [2.45, 2.75) is 26.9 Å². The molecule has 0 saturated heterocycles. The van der Waals surface area contributed by atoms with E-state index in [2.05, 4.69) is 29.5 Å². The van der Waals surface area contributed by atoms with Gasteiger partial charge in [-0.1, -0.05) is 44.2 Å². The fourth-order valence-corrected chi connectivity index (χ4v) is 4.25. The molecule has 2 aromatic carbocycles. The second-order valence-corrected chi connectivity index (χ2v) is 8.94. The Labute approximate surface area is 191 Å². The van der Waals surface area contributed by atoms with Crippen molar-refractivity contribution in [3.05, 3.63) is 76.2 Å². The number of hydrogen-bond donors (Lipinski definition) is 2.